The van der Waals surface area contributed by atoms with E-state index in [4.69, 9.17) is 16.0 Å². The molecule has 118 valence electrons. The molecule has 0 atom stereocenters. The molecule has 23 heavy (non-hydrogen) atoms. The quantitative estimate of drug-likeness (QED) is 0.705. The fourth-order valence-electron chi connectivity index (χ4n) is 2.06. The molecule has 4 nitrogen and oxygen atoms in total. The van der Waals surface area contributed by atoms with Gasteiger partial charge < -0.3 is 15.1 Å². The SMILES string of the molecule is O=C(NCc1ccc(Cl)cc1)NCc1cc(-c2ccco2)cs1. The molecule has 0 fully saturated rings. The maximum atomic E-state index is 11.8. The van der Waals surface area contributed by atoms with Crippen LogP contribution in [0.2, 0.25) is 5.02 Å². The highest BCUT2D eigenvalue weighted by molar-refractivity contribution is 7.10. The summed E-state index contributed by atoms with van der Waals surface area (Å²) in [4.78, 5) is 12.9. The monoisotopic (exact) mass is 346 g/mol. The van der Waals surface area contributed by atoms with Crippen LogP contribution in [0.3, 0.4) is 0 Å². The summed E-state index contributed by atoms with van der Waals surface area (Å²) in [7, 11) is 0. The second kappa shape index (κ2) is 7.35. The maximum absolute atomic E-state index is 11.8. The van der Waals surface area contributed by atoms with Gasteiger partial charge in [0.05, 0.1) is 12.8 Å². The van der Waals surface area contributed by atoms with Crippen LogP contribution in [0.15, 0.2) is 58.5 Å². The fourth-order valence-corrected chi connectivity index (χ4v) is 3.00. The third-order valence-electron chi connectivity index (χ3n) is 3.25. The summed E-state index contributed by atoms with van der Waals surface area (Å²) in [6.07, 6.45) is 1.65. The number of thiophene rings is 1. The Labute approximate surface area is 143 Å². The average molecular weight is 347 g/mol. The molecule has 0 spiro atoms. The molecule has 1 aromatic carbocycles. The minimum Gasteiger partial charge on any atom is -0.464 e. The molecule has 2 N–H and O–H groups in total. The van der Waals surface area contributed by atoms with Gasteiger partial charge in [0.1, 0.15) is 5.76 Å². The van der Waals surface area contributed by atoms with E-state index in [-0.39, 0.29) is 6.03 Å². The summed E-state index contributed by atoms with van der Waals surface area (Å²) in [5.41, 5.74) is 2.03. The molecule has 3 rings (SSSR count). The minimum atomic E-state index is -0.201. The standard InChI is InChI=1S/C17H15ClN2O2S/c18-14-5-3-12(4-6-14)9-19-17(21)20-10-15-8-13(11-23-15)16-2-1-7-22-16/h1-8,11H,9-10H2,(H2,19,20,21). The van der Waals surface area contributed by atoms with Gasteiger partial charge in [-0.1, -0.05) is 23.7 Å². The number of furan rings is 1. The lowest BCUT2D eigenvalue weighted by molar-refractivity contribution is 0.240. The van der Waals surface area contributed by atoms with Crippen LogP contribution < -0.4 is 10.6 Å². The predicted molar refractivity (Wildman–Crippen MR) is 92.5 cm³/mol. The van der Waals surface area contributed by atoms with Crippen molar-refractivity contribution in [3.63, 3.8) is 0 Å². The zero-order chi connectivity index (χ0) is 16.1. The summed E-state index contributed by atoms with van der Waals surface area (Å²) >= 11 is 7.41. The number of carbonyl (C=O) groups excluding carboxylic acids is 1. The number of nitrogens with one attached hydrogen (secondary N) is 2. The highest BCUT2D eigenvalue weighted by Gasteiger charge is 2.06. The first-order valence-corrected chi connectivity index (χ1v) is 8.34. The molecule has 3 aromatic rings. The van der Waals surface area contributed by atoms with Crippen molar-refractivity contribution in [1.29, 1.82) is 0 Å². The van der Waals surface area contributed by atoms with Crippen molar-refractivity contribution in [2.24, 2.45) is 0 Å². The maximum Gasteiger partial charge on any atom is 0.315 e. The molecule has 6 heteroatoms. The van der Waals surface area contributed by atoms with Crippen LogP contribution >= 0.6 is 22.9 Å². The third-order valence-corrected chi connectivity index (χ3v) is 4.44. The molecule has 2 heterocycles. The van der Waals surface area contributed by atoms with Crippen molar-refractivity contribution in [3.05, 3.63) is 69.6 Å². The normalized spacial score (nSPS) is 10.5. The Morgan fingerprint density at radius 3 is 2.65 bits per heavy atom. The van der Waals surface area contributed by atoms with Crippen LogP contribution in [-0.2, 0) is 13.1 Å². The van der Waals surface area contributed by atoms with E-state index in [2.05, 4.69) is 10.6 Å². The summed E-state index contributed by atoms with van der Waals surface area (Å²) in [5, 5.41) is 8.36. The largest absolute Gasteiger partial charge is 0.464 e. The number of halogens is 1. The lowest BCUT2D eigenvalue weighted by atomic mass is 10.2. The fraction of sp³-hybridized carbons (Fsp3) is 0.118. The average Bonchev–Trinajstić information content (AvgIpc) is 3.23. The first kappa shape index (κ1) is 15.6. The summed E-state index contributed by atoms with van der Waals surface area (Å²) in [5.74, 6) is 0.833. The molecular weight excluding hydrogens is 332 g/mol. The van der Waals surface area contributed by atoms with Crippen LogP contribution in [0.5, 0.6) is 0 Å². The zero-order valence-electron chi connectivity index (χ0n) is 12.2. The van der Waals surface area contributed by atoms with E-state index in [1.807, 2.05) is 35.7 Å². The van der Waals surface area contributed by atoms with Crippen molar-refractivity contribution in [1.82, 2.24) is 10.6 Å². The van der Waals surface area contributed by atoms with Crippen molar-refractivity contribution in [3.8, 4) is 11.3 Å². The molecule has 0 saturated carbocycles. The van der Waals surface area contributed by atoms with Crippen molar-refractivity contribution in [2.45, 2.75) is 13.1 Å². The van der Waals surface area contributed by atoms with Gasteiger partial charge in [-0.2, -0.15) is 0 Å². The summed E-state index contributed by atoms with van der Waals surface area (Å²) in [6, 6.07) is 13.0. The van der Waals surface area contributed by atoms with Gasteiger partial charge in [0.15, 0.2) is 0 Å². The smallest absolute Gasteiger partial charge is 0.315 e. The number of urea groups is 1. The number of carbonyl (C=O) groups is 1. The van der Waals surface area contributed by atoms with Gasteiger partial charge in [0, 0.05) is 27.4 Å². The number of hydrogen-bond donors (Lipinski definition) is 2. The highest BCUT2D eigenvalue weighted by Crippen LogP contribution is 2.25. The lowest BCUT2D eigenvalue weighted by Crippen LogP contribution is -2.34. The molecule has 2 aromatic heterocycles. The Hall–Kier alpha value is -2.24. The van der Waals surface area contributed by atoms with Crippen molar-refractivity contribution < 1.29 is 9.21 Å². The molecule has 0 aliphatic heterocycles. The summed E-state index contributed by atoms with van der Waals surface area (Å²) in [6.45, 7) is 0.947. The van der Waals surface area contributed by atoms with Crippen LogP contribution in [-0.4, -0.2) is 6.03 Å². The van der Waals surface area contributed by atoms with Gasteiger partial charge in [-0.25, -0.2) is 4.79 Å². The molecule has 2 amide bonds. The summed E-state index contributed by atoms with van der Waals surface area (Å²) < 4.78 is 5.35. The number of amides is 2. The third kappa shape index (κ3) is 4.37. The molecule has 0 saturated heterocycles. The van der Waals surface area contributed by atoms with Crippen LogP contribution in [0.1, 0.15) is 10.4 Å². The minimum absolute atomic E-state index is 0.201. The molecule has 0 aliphatic carbocycles. The first-order valence-electron chi connectivity index (χ1n) is 7.08. The molecule has 0 bridgehead atoms. The van der Waals surface area contributed by atoms with Crippen molar-refractivity contribution in [2.75, 3.05) is 0 Å². The number of benzene rings is 1. The van der Waals surface area contributed by atoms with E-state index in [0.717, 1.165) is 21.8 Å². The molecule has 0 aliphatic rings. The topological polar surface area (TPSA) is 54.3 Å². The van der Waals surface area contributed by atoms with E-state index >= 15 is 0 Å². The van der Waals surface area contributed by atoms with Gasteiger partial charge in [-0.05, 0) is 35.9 Å². The molecule has 0 unspecified atom stereocenters. The second-order valence-corrected chi connectivity index (χ2v) is 6.37. The highest BCUT2D eigenvalue weighted by atomic mass is 35.5. The van der Waals surface area contributed by atoms with E-state index in [0.29, 0.717) is 18.1 Å². The zero-order valence-corrected chi connectivity index (χ0v) is 13.8. The Morgan fingerprint density at radius 2 is 1.91 bits per heavy atom. The Morgan fingerprint density at radius 1 is 1.13 bits per heavy atom. The van der Waals surface area contributed by atoms with Gasteiger partial charge in [-0.3, -0.25) is 0 Å². The van der Waals surface area contributed by atoms with Crippen LogP contribution in [0.25, 0.3) is 11.3 Å². The first-order chi connectivity index (χ1) is 11.2. The number of hydrogen-bond acceptors (Lipinski definition) is 3. The Kier molecular flexibility index (Phi) is 5.00. The Balaban J connectivity index is 1.46. The Bertz CT molecular complexity index is 766. The molecular formula is C17H15ClN2O2S. The van der Waals surface area contributed by atoms with Crippen molar-refractivity contribution >= 4 is 29.0 Å². The predicted octanol–water partition coefficient (Wildman–Crippen LogP) is 4.66. The van der Waals surface area contributed by atoms with Gasteiger partial charge in [0.25, 0.3) is 0 Å². The van der Waals surface area contributed by atoms with Gasteiger partial charge >= 0.3 is 6.03 Å². The van der Waals surface area contributed by atoms with Gasteiger partial charge in [-0.15, -0.1) is 11.3 Å². The van der Waals surface area contributed by atoms with E-state index in [1.165, 1.54) is 0 Å². The lowest BCUT2D eigenvalue weighted by Gasteiger charge is -2.06. The number of rotatable bonds is 5. The van der Waals surface area contributed by atoms with E-state index < -0.39 is 0 Å². The van der Waals surface area contributed by atoms with Gasteiger partial charge in [0.2, 0.25) is 0 Å². The van der Waals surface area contributed by atoms with E-state index in [1.54, 1.807) is 29.7 Å². The molecule has 0 radical (unpaired) electrons. The van der Waals surface area contributed by atoms with E-state index in [9.17, 15) is 4.79 Å². The van der Waals surface area contributed by atoms with Crippen LogP contribution in [0.4, 0.5) is 4.79 Å². The van der Waals surface area contributed by atoms with Crippen LogP contribution in [0, 0.1) is 0 Å². The second-order valence-electron chi connectivity index (χ2n) is 4.94.